The minimum atomic E-state index is -4.58. The standard InChI is InChI=1S/C32H20F3N4O.Zn/c33-32(34,35)31-19-29(38-39-31)28-17-8-15-26(37-28)23-12-4-2-10-21(23)20-9-1-3-11-22(20)25-14-7-16-27(36-25)24-13-5-6-18-30(24)40;/h1-19H,(H-,36,37,38,39,40);/q-1;. The maximum absolute atomic E-state index is 13.1. The maximum atomic E-state index is 13.1. The molecule has 0 amide bonds. The van der Waals surface area contributed by atoms with Gasteiger partial charge in [0.1, 0.15) is 11.4 Å². The van der Waals surface area contributed by atoms with Crippen molar-refractivity contribution in [3.8, 4) is 62.0 Å². The zero-order valence-electron chi connectivity index (χ0n) is 21.5. The Balaban J connectivity index is 0.00000337. The van der Waals surface area contributed by atoms with Gasteiger partial charge in [0.05, 0.1) is 22.8 Å². The number of rotatable bonds is 5. The van der Waals surface area contributed by atoms with Gasteiger partial charge in [0.15, 0.2) is 0 Å². The van der Waals surface area contributed by atoms with E-state index >= 15 is 0 Å². The Bertz CT molecular complexity index is 1830. The molecule has 6 aromatic rings. The van der Waals surface area contributed by atoms with Crippen molar-refractivity contribution < 1.29 is 37.8 Å². The quantitative estimate of drug-likeness (QED) is 0.204. The number of para-hydroxylation sites is 1. The van der Waals surface area contributed by atoms with Gasteiger partial charge < -0.3 is 15.3 Å². The minimum Gasteiger partial charge on any atom is -0.573 e. The fourth-order valence-electron chi connectivity index (χ4n) is 4.59. The molecule has 0 aliphatic rings. The van der Waals surface area contributed by atoms with Crippen molar-refractivity contribution in [2.75, 3.05) is 0 Å². The molecule has 3 heterocycles. The Kier molecular flexibility index (Phi) is 7.82. The molecule has 0 radical (unpaired) electrons. The first kappa shape index (κ1) is 27.9. The fourth-order valence-corrected chi connectivity index (χ4v) is 4.59. The van der Waals surface area contributed by atoms with Crippen LogP contribution in [0, 0.1) is 0 Å². The summed E-state index contributed by atoms with van der Waals surface area (Å²) in [5.74, 6) is 0.147. The van der Waals surface area contributed by atoms with E-state index in [-0.39, 0.29) is 30.9 Å². The van der Waals surface area contributed by atoms with Crippen LogP contribution < -0.4 is 5.10 Å². The number of aromatic hydroxyl groups is 1. The van der Waals surface area contributed by atoms with Crippen molar-refractivity contribution in [3.05, 3.63) is 121 Å². The van der Waals surface area contributed by atoms with Gasteiger partial charge in [0.25, 0.3) is 0 Å². The van der Waals surface area contributed by atoms with E-state index in [1.807, 2.05) is 84.9 Å². The Labute approximate surface area is 246 Å². The van der Waals surface area contributed by atoms with Crippen LogP contribution >= 0.6 is 0 Å². The summed E-state index contributed by atoms with van der Waals surface area (Å²) < 4.78 is 39.2. The Morgan fingerprint density at radius 2 is 0.976 bits per heavy atom. The van der Waals surface area contributed by atoms with Gasteiger partial charge in [-0.25, -0.2) is 9.97 Å². The number of aromatic nitrogens is 4. The molecule has 3 aromatic heterocycles. The number of pyridine rings is 2. The van der Waals surface area contributed by atoms with E-state index in [1.165, 1.54) is 0 Å². The molecule has 0 aliphatic carbocycles. The van der Waals surface area contributed by atoms with E-state index in [9.17, 15) is 18.3 Å². The third kappa shape index (κ3) is 5.67. The van der Waals surface area contributed by atoms with Crippen LogP contribution in [0.4, 0.5) is 13.2 Å². The van der Waals surface area contributed by atoms with Crippen molar-refractivity contribution >= 4 is 0 Å². The molecule has 6 rings (SSSR count). The second kappa shape index (κ2) is 11.5. The monoisotopic (exact) mass is 597 g/mol. The molecule has 9 heteroatoms. The van der Waals surface area contributed by atoms with E-state index in [0.29, 0.717) is 22.6 Å². The molecule has 41 heavy (non-hydrogen) atoms. The van der Waals surface area contributed by atoms with Crippen LogP contribution in [-0.4, -0.2) is 20.2 Å². The number of hydrogen-bond acceptors (Lipinski definition) is 4. The smallest absolute Gasteiger partial charge is 0.431 e. The third-order valence-corrected chi connectivity index (χ3v) is 6.47. The molecule has 3 aromatic carbocycles. The molecule has 0 aliphatic heterocycles. The SMILES string of the molecule is Oc1ccccc1-c1cccc(-c2ccccc2-c2ccccc2-c2cccc(-c3cc(C(F)(F)F)n[n-]3)n2)n1.[Zn]. The predicted molar refractivity (Wildman–Crippen MR) is 147 cm³/mol. The van der Waals surface area contributed by atoms with Crippen molar-refractivity contribution in [2.45, 2.75) is 6.18 Å². The molecule has 198 valence electrons. The molecule has 0 saturated heterocycles. The van der Waals surface area contributed by atoms with Gasteiger partial charge in [-0.05, 0) is 53.6 Å². The average Bonchev–Trinajstić information content (AvgIpc) is 3.49. The zero-order valence-corrected chi connectivity index (χ0v) is 24.5. The molecule has 0 spiro atoms. The summed E-state index contributed by atoms with van der Waals surface area (Å²) in [6.45, 7) is 0. The van der Waals surface area contributed by atoms with Crippen LogP contribution in [-0.2, 0) is 25.7 Å². The van der Waals surface area contributed by atoms with E-state index in [1.54, 1.807) is 24.3 Å². The Morgan fingerprint density at radius 3 is 1.49 bits per heavy atom. The number of hydrogen-bond donors (Lipinski definition) is 1. The molecule has 0 atom stereocenters. The van der Waals surface area contributed by atoms with Gasteiger partial charge in [0, 0.05) is 36.2 Å². The second-order valence-electron chi connectivity index (χ2n) is 9.04. The molecule has 0 fully saturated rings. The van der Waals surface area contributed by atoms with E-state index < -0.39 is 11.9 Å². The zero-order chi connectivity index (χ0) is 27.7. The molecule has 5 nitrogen and oxygen atoms in total. The van der Waals surface area contributed by atoms with Crippen LogP contribution in [0.25, 0.3) is 56.3 Å². The van der Waals surface area contributed by atoms with Gasteiger partial charge in [-0.1, -0.05) is 78.5 Å². The van der Waals surface area contributed by atoms with Gasteiger partial charge in [-0.2, -0.15) is 13.2 Å². The predicted octanol–water partition coefficient (Wildman–Crippen LogP) is 7.89. The summed E-state index contributed by atoms with van der Waals surface area (Å²) in [5, 5.41) is 17.3. The van der Waals surface area contributed by atoms with Gasteiger partial charge >= 0.3 is 6.18 Å². The largest absolute Gasteiger partial charge is 0.573 e. The van der Waals surface area contributed by atoms with Gasteiger partial charge in [-0.3, -0.25) is 0 Å². The number of phenolic OH excluding ortho intramolecular Hbond substituents is 1. The van der Waals surface area contributed by atoms with Gasteiger partial charge in [0.2, 0.25) is 0 Å². The number of alkyl halides is 3. The summed E-state index contributed by atoms with van der Waals surface area (Å²) >= 11 is 0. The summed E-state index contributed by atoms with van der Waals surface area (Å²) in [4.78, 5) is 9.50. The minimum absolute atomic E-state index is 0. The summed E-state index contributed by atoms with van der Waals surface area (Å²) in [5.41, 5.74) is 5.32. The molecule has 0 bridgehead atoms. The summed E-state index contributed by atoms with van der Waals surface area (Å²) in [6.07, 6.45) is -4.58. The van der Waals surface area contributed by atoms with Crippen LogP contribution in [0.2, 0.25) is 0 Å². The van der Waals surface area contributed by atoms with Crippen molar-refractivity contribution in [2.24, 2.45) is 0 Å². The molecule has 0 unspecified atom stereocenters. The number of halogens is 3. The van der Waals surface area contributed by atoms with E-state index in [0.717, 1.165) is 34.0 Å². The number of nitrogens with zero attached hydrogens (tertiary/aromatic N) is 4. The van der Waals surface area contributed by atoms with Crippen molar-refractivity contribution in [1.82, 2.24) is 20.2 Å². The first-order valence-corrected chi connectivity index (χ1v) is 12.4. The summed E-state index contributed by atoms with van der Waals surface area (Å²) in [7, 11) is 0. The second-order valence-corrected chi connectivity index (χ2v) is 9.04. The Morgan fingerprint density at radius 1 is 0.537 bits per heavy atom. The molecule has 0 saturated carbocycles. The third-order valence-electron chi connectivity index (χ3n) is 6.47. The van der Waals surface area contributed by atoms with Crippen molar-refractivity contribution in [1.29, 1.82) is 0 Å². The fraction of sp³-hybridized carbons (Fsp3) is 0.0312. The normalized spacial score (nSPS) is 11.2. The number of phenols is 1. The average molecular weight is 599 g/mol. The first-order valence-electron chi connectivity index (χ1n) is 12.4. The van der Waals surface area contributed by atoms with Crippen LogP contribution in [0.15, 0.2) is 115 Å². The summed E-state index contributed by atoms with van der Waals surface area (Å²) in [6, 6.07) is 34.3. The molecular formula is C32H20F3N4OZn-. The van der Waals surface area contributed by atoms with Crippen LogP contribution in [0.1, 0.15) is 5.69 Å². The first-order chi connectivity index (χ1) is 19.4. The van der Waals surface area contributed by atoms with E-state index in [4.69, 9.17) is 4.98 Å². The molecule has 1 N–H and O–H groups in total. The maximum Gasteiger partial charge on any atom is 0.431 e. The van der Waals surface area contributed by atoms with Crippen LogP contribution in [0.5, 0.6) is 5.75 Å². The van der Waals surface area contributed by atoms with Crippen LogP contribution in [0.3, 0.4) is 0 Å². The Hall–Kier alpha value is -4.62. The van der Waals surface area contributed by atoms with Gasteiger partial charge in [-0.15, -0.1) is 0 Å². The topological polar surface area (TPSA) is 73.0 Å². The molecular weight excluding hydrogens is 579 g/mol. The van der Waals surface area contributed by atoms with Crippen molar-refractivity contribution in [3.63, 3.8) is 0 Å². The number of benzene rings is 3. The van der Waals surface area contributed by atoms with E-state index in [2.05, 4.69) is 15.2 Å².